The van der Waals surface area contributed by atoms with Crippen molar-refractivity contribution >= 4 is 29.1 Å². The maximum Gasteiger partial charge on any atom is 0.383 e. The number of carbonyl (C=O) groups is 3. The number of hydrogen-bond donors (Lipinski definition) is 0. The van der Waals surface area contributed by atoms with Crippen LogP contribution in [0.5, 0.6) is 5.75 Å². The zero-order valence-corrected chi connectivity index (χ0v) is 17.0. The van der Waals surface area contributed by atoms with E-state index in [1.807, 2.05) is 12.2 Å². The average molecular weight is 419 g/mol. The van der Waals surface area contributed by atoms with Crippen molar-refractivity contribution in [2.75, 3.05) is 0 Å². The lowest BCUT2D eigenvalue weighted by Crippen LogP contribution is -2.34. The Hall–Kier alpha value is -2.52. The van der Waals surface area contributed by atoms with Crippen LogP contribution in [0.2, 0.25) is 0 Å². The number of hydroxylamine groups is 2. The summed E-state index contributed by atoms with van der Waals surface area (Å²) in [4.78, 5) is 37.0. The van der Waals surface area contributed by atoms with Crippen molar-refractivity contribution in [2.24, 2.45) is 23.7 Å². The van der Waals surface area contributed by atoms with E-state index in [2.05, 4.69) is 0 Å². The third-order valence-corrected chi connectivity index (χ3v) is 5.82. The molecule has 0 N–H and O–H groups in total. The number of hydrogen-bond acceptors (Lipinski definition) is 7. The molecule has 5 unspecified atom stereocenters. The number of fused-ring (bicyclic) bond motifs is 5. The Morgan fingerprint density at radius 3 is 2.10 bits per heavy atom. The highest BCUT2D eigenvalue weighted by Crippen LogP contribution is 2.52. The molecule has 29 heavy (non-hydrogen) atoms. The van der Waals surface area contributed by atoms with Gasteiger partial charge in [0, 0.05) is 0 Å². The smallest absolute Gasteiger partial charge is 0.383 e. The van der Waals surface area contributed by atoms with E-state index in [4.69, 9.17) is 13.2 Å². The highest BCUT2D eigenvalue weighted by atomic mass is 32.2. The van der Waals surface area contributed by atoms with Crippen molar-refractivity contribution in [1.29, 1.82) is 0 Å². The van der Waals surface area contributed by atoms with Crippen molar-refractivity contribution in [3.05, 3.63) is 42.0 Å². The van der Waals surface area contributed by atoms with Gasteiger partial charge in [0.25, 0.3) is 11.8 Å². The molecule has 2 bridgehead atoms. The quantitative estimate of drug-likeness (QED) is 0.410. The number of amides is 2. The first-order valence-corrected chi connectivity index (χ1v) is 10.3. The minimum atomic E-state index is -2.40. The molecule has 1 aromatic carbocycles. The number of allylic oxidation sites excluding steroid dienone is 2. The number of carbonyl (C=O) groups excluding carboxylic acids is 3. The van der Waals surface area contributed by atoms with Gasteiger partial charge in [-0.25, -0.2) is 4.79 Å². The second-order valence-corrected chi connectivity index (χ2v) is 9.08. The van der Waals surface area contributed by atoms with E-state index in [1.54, 1.807) is 20.8 Å². The highest BCUT2D eigenvalue weighted by molar-refractivity contribution is 7.75. The van der Waals surface area contributed by atoms with E-state index in [0.29, 0.717) is 10.6 Å². The van der Waals surface area contributed by atoms with Gasteiger partial charge in [-0.05, 0) is 63.3 Å². The van der Waals surface area contributed by atoms with Crippen LogP contribution in [0.3, 0.4) is 0 Å². The molecule has 3 aliphatic rings. The topological polar surface area (TPSA) is 99.2 Å². The number of nitrogens with zero attached hydrogens (tertiary/aromatic N) is 1. The number of imide groups is 1. The second kappa shape index (κ2) is 7.07. The highest BCUT2D eigenvalue weighted by Gasteiger charge is 2.60. The van der Waals surface area contributed by atoms with E-state index in [0.717, 1.165) is 6.42 Å². The maximum atomic E-state index is 12.5. The number of ether oxygens (including phenoxy) is 1. The van der Waals surface area contributed by atoms with Crippen LogP contribution in [0.1, 0.15) is 37.6 Å². The minimum Gasteiger partial charge on any atom is -0.456 e. The van der Waals surface area contributed by atoms with Crippen molar-refractivity contribution in [3.63, 3.8) is 0 Å². The van der Waals surface area contributed by atoms with Crippen LogP contribution < -0.4 is 4.18 Å². The Balaban J connectivity index is 1.36. The Kier molecular flexibility index (Phi) is 4.82. The Bertz CT molecular complexity index is 888. The third kappa shape index (κ3) is 3.72. The van der Waals surface area contributed by atoms with E-state index in [9.17, 15) is 18.6 Å². The van der Waals surface area contributed by atoms with Crippen molar-refractivity contribution in [3.8, 4) is 5.75 Å². The Morgan fingerprint density at radius 2 is 1.59 bits per heavy atom. The van der Waals surface area contributed by atoms with Gasteiger partial charge in [-0.15, -0.1) is 9.35 Å². The lowest BCUT2D eigenvalue weighted by molar-refractivity contribution is -0.166. The lowest BCUT2D eigenvalue weighted by atomic mass is 9.85. The van der Waals surface area contributed by atoms with Gasteiger partial charge in [-0.2, -0.15) is 4.21 Å². The molecule has 2 aliphatic carbocycles. The van der Waals surface area contributed by atoms with Crippen LogP contribution in [0.4, 0.5) is 0 Å². The molecule has 5 atom stereocenters. The number of esters is 1. The van der Waals surface area contributed by atoms with E-state index in [1.165, 1.54) is 24.3 Å². The van der Waals surface area contributed by atoms with Crippen molar-refractivity contribution in [1.82, 2.24) is 5.06 Å². The average Bonchev–Trinajstić information content (AvgIpc) is 3.31. The van der Waals surface area contributed by atoms with Crippen molar-refractivity contribution in [2.45, 2.75) is 32.8 Å². The molecule has 1 heterocycles. The molecule has 1 saturated heterocycles. The normalized spacial score (nSPS) is 28.6. The second-order valence-electron chi connectivity index (χ2n) is 8.36. The minimum absolute atomic E-state index is 0.0322. The largest absolute Gasteiger partial charge is 0.456 e. The fourth-order valence-electron chi connectivity index (χ4n) is 4.09. The summed E-state index contributed by atoms with van der Waals surface area (Å²) in [7, 11) is 0. The summed E-state index contributed by atoms with van der Waals surface area (Å²) in [5.74, 6) is -2.12. The summed E-state index contributed by atoms with van der Waals surface area (Å²) in [6, 6.07) is 5.76. The SMILES string of the molecule is CC(C)(C)OC(=O)c1ccc(OS(=O)ON2C(=O)C3C4C=CC(C4)C3C2=O)cc1. The molecule has 0 radical (unpaired) electrons. The van der Waals surface area contributed by atoms with Crippen LogP contribution in [-0.2, 0) is 30.0 Å². The van der Waals surface area contributed by atoms with E-state index in [-0.39, 0.29) is 17.6 Å². The maximum absolute atomic E-state index is 12.5. The summed E-state index contributed by atoms with van der Waals surface area (Å²) in [5.41, 5.74) is -0.316. The van der Waals surface area contributed by atoms with Gasteiger partial charge < -0.3 is 8.92 Å². The predicted octanol–water partition coefficient (Wildman–Crippen LogP) is 2.34. The van der Waals surface area contributed by atoms with Crippen LogP contribution in [0.25, 0.3) is 0 Å². The van der Waals surface area contributed by atoms with Gasteiger partial charge in [-0.1, -0.05) is 12.2 Å². The van der Waals surface area contributed by atoms with Crippen LogP contribution in [0, 0.1) is 23.7 Å². The van der Waals surface area contributed by atoms with Gasteiger partial charge in [0.2, 0.25) is 0 Å². The molecule has 1 saturated carbocycles. The molecule has 0 spiro atoms. The monoisotopic (exact) mass is 419 g/mol. The zero-order valence-electron chi connectivity index (χ0n) is 16.2. The first-order valence-electron chi connectivity index (χ1n) is 9.32. The predicted molar refractivity (Wildman–Crippen MR) is 101 cm³/mol. The molecule has 9 heteroatoms. The molecular weight excluding hydrogens is 398 g/mol. The summed E-state index contributed by atoms with van der Waals surface area (Å²) >= 11 is -2.40. The number of benzene rings is 1. The molecule has 2 fully saturated rings. The first kappa shape index (κ1) is 19.8. The fraction of sp³-hybridized carbons (Fsp3) is 0.450. The van der Waals surface area contributed by atoms with Crippen LogP contribution in [0.15, 0.2) is 36.4 Å². The Labute approximate surface area is 170 Å². The summed E-state index contributed by atoms with van der Waals surface area (Å²) in [6.45, 7) is 5.29. The number of rotatable bonds is 5. The van der Waals surface area contributed by atoms with Gasteiger partial charge in [0.05, 0.1) is 17.4 Å². The lowest BCUT2D eigenvalue weighted by Gasteiger charge is -2.19. The van der Waals surface area contributed by atoms with Gasteiger partial charge >= 0.3 is 17.3 Å². The van der Waals surface area contributed by atoms with Gasteiger partial charge in [0.1, 0.15) is 11.4 Å². The van der Waals surface area contributed by atoms with Gasteiger partial charge in [-0.3, -0.25) is 9.59 Å². The molecule has 154 valence electrons. The standard InChI is InChI=1S/C20H21NO7S/c1-20(2,3)26-19(24)11-6-8-14(9-7-11)27-29(25)28-21-17(22)15-12-4-5-13(10-12)16(15)18(21)23/h4-9,12-13,15-16H,10H2,1-3H3. The first-order chi connectivity index (χ1) is 13.6. The summed E-state index contributed by atoms with van der Waals surface area (Å²) in [5, 5.41) is 0.576. The summed E-state index contributed by atoms with van der Waals surface area (Å²) in [6.07, 6.45) is 4.71. The molecule has 8 nitrogen and oxygen atoms in total. The molecule has 1 aliphatic heterocycles. The molecule has 1 aromatic rings. The molecular formula is C20H21NO7S. The Morgan fingerprint density at radius 1 is 1.03 bits per heavy atom. The summed E-state index contributed by atoms with van der Waals surface area (Å²) < 4.78 is 27.6. The van der Waals surface area contributed by atoms with Crippen molar-refractivity contribution < 1.29 is 31.8 Å². The zero-order chi connectivity index (χ0) is 20.9. The third-order valence-electron chi connectivity index (χ3n) is 5.22. The van der Waals surface area contributed by atoms with Gasteiger partial charge in [0.15, 0.2) is 0 Å². The van der Waals surface area contributed by atoms with E-state index >= 15 is 0 Å². The van der Waals surface area contributed by atoms with Crippen LogP contribution >= 0.6 is 0 Å². The molecule has 4 rings (SSSR count). The van der Waals surface area contributed by atoms with E-state index < -0.39 is 46.6 Å². The van der Waals surface area contributed by atoms with Crippen LogP contribution in [-0.4, -0.2) is 32.7 Å². The molecule has 0 aromatic heterocycles. The fourth-order valence-corrected chi connectivity index (χ4v) is 4.65. The molecule has 2 amide bonds.